The lowest BCUT2D eigenvalue weighted by Gasteiger charge is -2.22. The van der Waals surface area contributed by atoms with Gasteiger partial charge in [0.1, 0.15) is 6.10 Å². The van der Waals surface area contributed by atoms with E-state index in [2.05, 4.69) is 27.1 Å². The van der Waals surface area contributed by atoms with Gasteiger partial charge in [-0.15, -0.1) is 0 Å². The van der Waals surface area contributed by atoms with Crippen LogP contribution in [0.25, 0.3) is 11.4 Å². The van der Waals surface area contributed by atoms with Crippen molar-refractivity contribution in [2.45, 2.75) is 26.1 Å². The van der Waals surface area contributed by atoms with E-state index in [0.717, 1.165) is 44.8 Å². The van der Waals surface area contributed by atoms with Gasteiger partial charge in [-0.1, -0.05) is 48.2 Å². The summed E-state index contributed by atoms with van der Waals surface area (Å²) >= 11 is 0. The molecule has 2 heterocycles. The Kier molecular flexibility index (Phi) is 10.9. The first-order valence-electron chi connectivity index (χ1n) is 14.4. The van der Waals surface area contributed by atoms with Crippen molar-refractivity contribution < 1.29 is 23.7 Å². The summed E-state index contributed by atoms with van der Waals surface area (Å²) in [5.41, 5.74) is 7.62. The molecule has 0 radical (unpaired) electrons. The topological polar surface area (TPSA) is 91.8 Å². The number of nitrogens with one attached hydrogen (secondary N) is 1. The van der Waals surface area contributed by atoms with Gasteiger partial charge >= 0.3 is 6.09 Å². The largest absolute Gasteiger partial charge is 0.441 e. The highest BCUT2D eigenvalue weighted by Gasteiger charge is 2.22. The van der Waals surface area contributed by atoms with E-state index < -0.39 is 12.2 Å². The summed E-state index contributed by atoms with van der Waals surface area (Å²) in [7, 11) is 0. The van der Waals surface area contributed by atoms with Crippen LogP contribution < -0.4 is 5.32 Å². The summed E-state index contributed by atoms with van der Waals surface area (Å²) in [5.74, 6) is 6.46. The number of carbonyl (C=O) groups excluding carboxylic acids is 1. The van der Waals surface area contributed by atoms with Crippen LogP contribution in [-0.2, 0) is 32.0 Å². The number of aryl methyl sites for hydroxylation is 1. The van der Waals surface area contributed by atoms with Crippen LogP contribution in [0.4, 0.5) is 4.79 Å². The third-order valence-electron chi connectivity index (χ3n) is 6.84. The summed E-state index contributed by atoms with van der Waals surface area (Å²) in [5, 5.41) is 2.78. The Hall–Kier alpha value is -4.55. The summed E-state index contributed by atoms with van der Waals surface area (Å²) in [6.07, 6.45) is 3.19. The number of alkyl carbamates (subject to hydrolysis) is 1. The Morgan fingerprint density at radius 2 is 1.49 bits per heavy atom. The van der Waals surface area contributed by atoms with Gasteiger partial charge in [-0.2, -0.15) is 0 Å². The zero-order valence-electron chi connectivity index (χ0n) is 24.3. The number of hydrogen-bond donors (Lipinski definition) is 1. The van der Waals surface area contributed by atoms with Crippen molar-refractivity contribution in [2.75, 3.05) is 39.6 Å². The van der Waals surface area contributed by atoms with Gasteiger partial charge in [-0.05, 0) is 60.0 Å². The molecule has 0 spiro atoms. The summed E-state index contributed by atoms with van der Waals surface area (Å²) in [6.45, 7) is 4.96. The van der Waals surface area contributed by atoms with Gasteiger partial charge < -0.3 is 24.3 Å². The average Bonchev–Trinajstić information content (AvgIpc) is 3.02. The quantitative estimate of drug-likeness (QED) is 0.167. The molecule has 220 valence electrons. The molecule has 1 atom stereocenters. The first kappa shape index (κ1) is 29.9. The van der Waals surface area contributed by atoms with E-state index in [1.807, 2.05) is 79.7 Å². The maximum absolute atomic E-state index is 12.6. The molecule has 0 bridgehead atoms. The molecule has 0 saturated heterocycles. The Morgan fingerprint density at radius 3 is 2.33 bits per heavy atom. The molecule has 1 unspecified atom stereocenters. The Bertz CT molecular complexity index is 1580. The highest BCUT2D eigenvalue weighted by molar-refractivity contribution is 5.68. The minimum Gasteiger partial charge on any atom is -0.441 e. The molecule has 0 saturated carbocycles. The fourth-order valence-electron chi connectivity index (χ4n) is 4.67. The molecule has 5 rings (SSSR count). The maximum Gasteiger partial charge on any atom is 0.407 e. The van der Waals surface area contributed by atoms with Crippen molar-refractivity contribution in [3.8, 4) is 23.2 Å². The van der Waals surface area contributed by atoms with Crippen LogP contribution in [0, 0.1) is 18.8 Å². The van der Waals surface area contributed by atoms with Crippen LogP contribution in [0.15, 0.2) is 85.2 Å². The van der Waals surface area contributed by atoms with Crippen LogP contribution >= 0.6 is 0 Å². The molecule has 4 aromatic rings. The molecule has 0 aliphatic heterocycles. The molecule has 1 amide bonds. The lowest BCUT2D eigenvalue weighted by molar-refractivity contribution is 0.0109. The zero-order chi connectivity index (χ0) is 29.7. The molecule has 1 aliphatic carbocycles. The first-order valence-corrected chi connectivity index (χ1v) is 14.4. The van der Waals surface area contributed by atoms with Crippen molar-refractivity contribution >= 4 is 6.09 Å². The van der Waals surface area contributed by atoms with Crippen LogP contribution in [0.1, 0.15) is 39.5 Å². The third-order valence-corrected chi connectivity index (χ3v) is 6.84. The minimum absolute atomic E-state index is 0.332. The predicted octanol–water partition coefficient (Wildman–Crippen LogP) is 5.43. The number of fused-ring (bicyclic) bond motifs is 2. The van der Waals surface area contributed by atoms with Crippen molar-refractivity contribution in [1.82, 2.24) is 15.3 Å². The number of aromatic nitrogens is 2. The monoisotopic (exact) mass is 577 g/mol. The van der Waals surface area contributed by atoms with E-state index in [-0.39, 0.29) is 0 Å². The number of rotatable bonds is 13. The van der Waals surface area contributed by atoms with Gasteiger partial charge in [0.25, 0.3) is 0 Å². The summed E-state index contributed by atoms with van der Waals surface area (Å²) in [4.78, 5) is 21.4. The molecule has 1 aliphatic rings. The van der Waals surface area contributed by atoms with Gasteiger partial charge in [0.05, 0.1) is 51.0 Å². The Morgan fingerprint density at radius 1 is 0.814 bits per heavy atom. The number of carbonyl (C=O) groups is 1. The normalized spacial score (nSPS) is 13.5. The number of hydrogen-bond acceptors (Lipinski definition) is 7. The molecule has 1 N–H and O–H groups in total. The molecule has 8 heteroatoms. The van der Waals surface area contributed by atoms with Crippen molar-refractivity contribution in [3.05, 3.63) is 119 Å². The van der Waals surface area contributed by atoms with Gasteiger partial charge in [0.15, 0.2) is 0 Å². The van der Waals surface area contributed by atoms with Gasteiger partial charge in [-0.3, -0.25) is 9.97 Å². The van der Waals surface area contributed by atoms with Crippen molar-refractivity contribution in [1.29, 1.82) is 0 Å². The summed E-state index contributed by atoms with van der Waals surface area (Å²) in [6, 6.07) is 23.6. The fourth-order valence-corrected chi connectivity index (χ4v) is 4.67. The first-order chi connectivity index (χ1) is 21.2. The second kappa shape index (κ2) is 15.6. The number of pyridine rings is 2. The van der Waals surface area contributed by atoms with Crippen LogP contribution in [-0.4, -0.2) is 55.6 Å². The van der Waals surface area contributed by atoms with E-state index in [4.69, 9.17) is 18.9 Å². The smallest absolute Gasteiger partial charge is 0.407 e. The fraction of sp³-hybridized carbons (Fsp3) is 0.286. The molecule has 0 fully saturated rings. The SMILES string of the molecule is Cc1ccnc(-c2cc(COCCOCCOCCNC(=O)OC3Cc4ccccc4C#Cc4ccccc43)ccn2)c1. The number of ether oxygens (including phenoxy) is 4. The predicted molar refractivity (Wildman–Crippen MR) is 163 cm³/mol. The number of amides is 1. The van der Waals surface area contributed by atoms with Crippen LogP contribution in [0.2, 0.25) is 0 Å². The highest BCUT2D eigenvalue weighted by atomic mass is 16.6. The molecule has 2 aromatic heterocycles. The minimum atomic E-state index is -0.487. The van der Waals surface area contributed by atoms with E-state index in [1.165, 1.54) is 0 Å². The van der Waals surface area contributed by atoms with Crippen molar-refractivity contribution in [3.63, 3.8) is 0 Å². The molecule has 2 aromatic carbocycles. The maximum atomic E-state index is 12.6. The third kappa shape index (κ3) is 8.97. The molecular weight excluding hydrogens is 542 g/mol. The standard InChI is InChI=1S/C35H35N3O5/c1-26-12-14-36-32(22-26)33-23-27(13-15-37-33)25-42-21-20-41-19-18-40-17-16-38-35(39)43-34-24-30-8-3-2-6-28(30)10-11-29-7-4-5-9-31(29)34/h2-9,12-15,22-23,34H,16-21,24-25H2,1H3,(H,38,39). The molecular formula is C35H35N3O5. The van der Waals surface area contributed by atoms with E-state index in [9.17, 15) is 4.79 Å². The second-order valence-corrected chi connectivity index (χ2v) is 10.1. The van der Waals surface area contributed by atoms with E-state index in [1.54, 1.807) is 12.4 Å². The lowest BCUT2D eigenvalue weighted by Crippen LogP contribution is -2.30. The Balaban J connectivity index is 0.943. The summed E-state index contributed by atoms with van der Waals surface area (Å²) < 4.78 is 22.8. The van der Waals surface area contributed by atoms with Crippen LogP contribution in [0.5, 0.6) is 0 Å². The number of benzene rings is 2. The molecule has 43 heavy (non-hydrogen) atoms. The second-order valence-electron chi connectivity index (χ2n) is 10.1. The zero-order valence-corrected chi connectivity index (χ0v) is 24.3. The van der Waals surface area contributed by atoms with Gasteiger partial charge in [0, 0.05) is 42.0 Å². The van der Waals surface area contributed by atoms with Crippen molar-refractivity contribution in [2.24, 2.45) is 0 Å². The average molecular weight is 578 g/mol. The highest BCUT2D eigenvalue weighted by Crippen LogP contribution is 2.28. The van der Waals surface area contributed by atoms with E-state index in [0.29, 0.717) is 52.6 Å². The Labute approximate surface area is 252 Å². The van der Waals surface area contributed by atoms with E-state index >= 15 is 0 Å². The van der Waals surface area contributed by atoms with Gasteiger partial charge in [-0.25, -0.2) is 4.79 Å². The number of nitrogens with zero attached hydrogens (tertiary/aromatic N) is 2. The van der Waals surface area contributed by atoms with Crippen LogP contribution in [0.3, 0.4) is 0 Å². The lowest BCUT2D eigenvalue weighted by atomic mass is 9.92. The van der Waals surface area contributed by atoms with Gasteiger partial charge in [0.2, 0.25) is 0 Å². The molecule has 8 nitrogen and oxygen atoms in total.